The molecule has 0 radical (unpaired) electrons. The van der Waals surface area contributed by atoms with Crippen LogP contribution in [0.3, 0.4) is 0 Å². The minimum Gasteiger partial charge on any atom is -0.352 e. The predicted octanol–water partition coefficient (Wildman–Crippen LogP) is 1.76. The van der Waals surface area contributed by atoms with Crippen molar-refractivity contribution in [1.29, 1.82) is 0 Å². The molecule has 20 heavy (non-hydrogen) atoms. The summed E-state index contributed by atoms with van der Waals surface area (Å²) in [6.45, 7) is 8.17. The zero-order valence-electron chi connectivity index (χ0n) is 13.2. The molecule has 1 aliphatic heterocycles. The fourth-order valence-corrected chi connectivity index (χ4v) is 3.49. The zero-order valence-corrected chi connectivity index (χ0v) is 13.2. The molecule has 2 rings (SSSR count). The monoisotopic (exact) mass is 281 g/mol. The maximum atomic E-state index is 12.2. The molecule has 1 saturated carbocycles. The molecule has 4 heteroatoms. The number of carbonyl (C=O) groups excluding carboxylic acids is 1. The predicted molar refractivity (Wildman–Crippen MR) is 82.7 cm³/mol. The molecule has 4 nitrogen and oxygen atoms in total. The standard InChI is InChI=1S/C16H31N3O/c1-13(2)10-19(11-15-8-5-9-17-15)12-16(20)18-14-6-3-4-7-14/h13-15,17H,3-12H2,1-2H3,(H,18,20). The molecule has 2 aliphatic rings. The van der Waals surface area contributed by atoms with E-state index in [1.807, 2.05) is 0 Å². The maximum Gasteiger partial charge on any atom is 0.234 e. The van der Waals surface area contributed by atoms with E-state index in [0.29, 0.717) is 24.5 Å². The number of hydrogen-bond acceptors (Lipinski definition) is 3. The minimum absolute atomic E-state index is 0.218. The van der Waals surface area contributed by atoms with Crippen LogP contribution < -0.4 is 10.6 Å². The van der Waals surface area contributed by atoms with Crippen LogP contribution in [-0.2, 0) is 4.79 Å². The maximum absolute atomic E-state index is 12.2. The van der Waals surface area contributed by atoms with Gasteiger partial charge in [0.05, 0.1) is 6.54 Å². The topological polar surface area (TPSA) is 44.4 Å². The average Bonchev–Trinajstić information content (AvgIpc) is 3.01. The van der Waals surface area contributed by atoms with E-state index in [9.17, 15) is 4.79 Å². The lowest BCUT2D eigenvalue weighted by atomic mass is 10.1. The Morgan fingerprint density at radius 1 is 1.25 bits per heavy atom. The summed E-state index contributed by atoms with van der Waals surface area (Å²) in [4.78, 5) is 14.5. The van der Waals surface area contributed by atoms with Crippen LogP contribution in [0.15, 0.2) is 0 Å². The Hall–Kier alpha value is -0.610. The van der Waals surface area contributed by atoms with E-state index in [1.54, 1.807) is 0 Å². The van der Waals surface area contributed by atoms with E-state index in [2.05, 4.69) is 29.4 Å². The van der Waals surface area contributed by atoms with Crippen LogP contribution in [0.2, 0.25) is 0 Å². The van der Waals surface area contributed by atoms with Gasteiger partial charge >= 0.3 is 0 Å². The van der Waals surface area contributed by atoms with Gasteiger partial charge in [-0.1, -0.05) is 26.7 Å². The highest BCUT2D eigenvalue weighted by Crippen LogP contribution is 2.17. The third-order valence-corrected chi connectivity index (χ3v) is 4.35. The molecular formula is C16H31N3O. The molecule has 1 amide bonds. The molecule has 0 aromatic heterocycles. The third-order valence-electron chi connectivity index (χ3n) is 4.35. The van der Waals surface area contributed by atoms with Gasteiger partial charge in [0.15, 0.2) is 0 Å². The molecule has 0 aromatic rings. The number of nitrogens with one attached hydrogen (secondary N) is 2. The molecule has 1 atom stereocenters. The van der Waals surface area contributed by atoms with E-state index in [0.717, 1.165) is 19.6 Å². The van der Waals surface area contributed by atoms with Crippen LogP contribution in [-0.4, -0.2) is 49.1 Å². The van der Waals surface area contributed by atoms with Crippen LogP contribution >= 0.6 is 0 Å². The van der Waals surface area contributed by atoms with Crippen molar-refractivity contribution in [1.82, 2.24) is 15.5 Å². The Balaban J connectivity index is 1.77. The van der Waals surface area contributed by atoms with Crippen molar-refractivity contribution in [2.45, 2.75) is 64.5 Å². The van der Waals surface area contributed by atoms with Gasteiger partial charge in [-0.25, -0.2) is 0 Å². The van der Waals surface area contributed by atoms with Crippen molar-refractivity contribution in [3.05, 3.63) is 0 Å². The summed E-state index contributed by atoms with van der Waals surface area (Å²) < 4.78 is 0. The molecule has 0 bridgehead atoms. The van der Waals surface area contributed by atoms with E-state index in [4.69, 9.17) is 0 Å². The molecular weight excluding hydrogens is 250 g/mol. The van der Waals surface area contributed by atoms with Crippen molar-refractivity contribution in [3.8, 4) is 0 Å². The Bertz CT molecular complexity index is 294. The number of hydrogen-bond donors (Lipinski definition) is 2. The van der Waals surface area contributed by atoms with Crippen LogP contribution in [0.25, 0.3) is 0 Å². The molecule has 1 saturated heterocycles. The largest absolute Gasteiger partial charge is 0.352 e. The Kier molecular flexibility index (Phi) is 6.30. The van der Waals surface area contributed by atoms with Crippen molar-refractivity contribution in [3.63, 3.8) is 0 Å². The van der Waals surface area contributed by atoms with Gasteiger partial charge < -0.3 is 10.6 Å². The fraction of sp³-hybridized carbons (Fsp3) is 0.938. The quantitative estimate of drug-likeness (QED) is 0.747. The van der Waals surface area contributed by atoms with Crippen molar-refractivity contribution >= 4 is 5.91 Å². The highest BCUT2D eigenvalue weighted by Gasteiger charge is 2.22. The van der Waals surface area contributed by atoms with Gasteiger partial charge in [-0.2, -0.15) is 0 Å². The lowest BCUT2D eigenvalue weighted by Gasteiger charge is -2.27. The Labute approximate surface area is 123 Å². The normalized spacial score (nSPS) is 23.9. The van der Waals surface area contributed by atoms with Crippen LogP contribution in [0.5, 0.6) is 0 Å². The highest BCUT2D eigenvalue weighted by atomic mass is 16.2. The van der Waals surface area contributed by atoms with E-state index < -0.39 is 0 Å². The number of rotatable bonds is 7. The summed E-state index contributed by atoms with van der Waals surface area (Å²) in [6, 6.07) is 1.01. The van der Waals surface area contributed by atoms with E-state index >= 15 is 0 Å². The second-order valence-corrected chi connectivity index (χ2v) is 6.93. The van der Waals surface area contributed by atoms with Gasteiger partial charge in [-0.3, -0.25) is 9.69 Å². The number of nitrogens with zero attached hydrogens (tertiary/aromatic N) is 1. The van der Waals surface area contributed by atoms with Gasteiger partial charge in [0.25, 0.3) is 0 Å². The lowest BCUT2D eigenvalue weighted by molar-refractivity contribution is -0.123. The van der Waals surface area contributed by atoms with Crippen molar-refractivity contribution < 1.29 is 4.79 Å². The van der Waals surface area contributed by atoms with Gasteiger partial charge in [-0.05, 0) is 38.1 Å². The Morgan fingerprint density at radius 3 is 2.60 bits per heavy atom. The van der Waals surface area contributed by atoms with Crippen LogP contribution in [0.1, 0.15) is 52.4 Å². The second-order valence-electron chi connectivity index (χ2n) is 6.93. The first kappa shape index (κ1) is 15.8. The number of carbonyl (C=O) groups is 1. The molecule has 1 aliphatic carbocycles. The molecule has 2 fully saturated rings. The minimum atomic E-state index is 0.218. The summed E-state index contributed by atoms with van der Waals surface area (Å²) in [5.74, 6) is 0.825. The molecule has 2 N–H and O–H groups in total. The number of amides is 1. The summed E-state index contributed by atoms with van der Waals surface area (Å²) in [5.41, 5.74) is 0. The third kappa shape index (κ3) is 5.41. The van der Waals surface area contributed by atoms with Crippen LogP contribution in [0.4, 0.5) is 0 Å². The molecule has 116 valence electrons. The van der Waals surface area contributed by atoms with E-state index in [-0.39, 0.29) is 5.91 Å². The molecule has 0 aromatic carbocycles. The summed E-state index contributed by atoms with van der Waals surface area (Å²) in [5, 5.41) is 6.74. The summed E-state index contributed by atoms with van der Waals surface area (Å²) in [7, 11) is 0. The Morgan fingerprint density at radius 2 is 2.00 bits per heavy atom. The molecule has 0 spiro atoms. The second kappa shape index (κ2) is 7.99. The molecule has 1 heterocycles. The van der Waals surface area contributed by atoms with Crippen LogP contribution in [0, 0.1) is 5.92 Å². The average molecular weight is 281 g/mol. The SMILES string of the molecule is CC(C)CN(CC(=O)NC1CCCC1)CC1CCCN1. The van der Waals surface area contributed by atoms with Crippen molar-refractivity contribution in [2.75, 3.05) is 26.2 Å². The first-order valence-corrected chi connectivity index (χ1v) is 8.38. The fourth-order valence-electron chi connectivity index (χ4n) is 3.49. The van der Waals surface area contributed by atoms with Gasteiger partial charge in [0.1, 0.15) is 0 Å². The zero-order chi connectivity index (χ0) is 14.4. The first-order chi connectivity index (χ1) is 9.63. The lowest BCUT2D eigenvalue weighted by Crippen LogP contribution is -2.46. The first-order valence-electron chi connectivity index (χ1n) is 8.38. The summed E-state index contributed by atoms with van der Waals surface area (Å²) >= 11 is 0. The molecule has 1 unspecified atom stereocenters. The summed E-state index contributed by atoms with van der Waals surface area (Å²) in [6.07, 6.45) is 7.40. The van der Waals surface area contributed by atoms with Gasteiger partial charge in [-0.15, -0.1) is 0 Å². The smallest absolute Gasteiger partial charge is 0.234 e. The van der Waals surface area contributed by atoms with E-state index in [1.165, 1.54) is 38.5 Å². The van der Waals surface area contributed by atoms with Crippen molar-refractivity contribution in [2.24, 2.45) is 5.92 Å². The van der Waals surface area contributed by atoms with Gasteiger partial charge in [0, 0.05) is 25.2 Å². The van der Waals surface area contributed by atoms with Gasteiger partial charge in [0.2, 0.25) is 5.91 Å². The highest BCUT2D eigenvalue weighted by molar-refractivity contribution is 5.78.